The van der Waals surface area contributed by atoms with E-state index in [0.717, 1.165) is 75.4 Å². The highest BCUT2D eigenvalue weighted by Crippen LogP contribution is 2.44. The fourth-order valence-corrected chi connectivity index (χ4v) is 6.97. The van der Waals surface area contributed by atoms with Crippen molar-refractivity contribution in [1.82, 2.24) is 0 Å². The first-order valence-electron chi connectivity index (χ1n) is 17.2. The SMILES string of the molecule is CCCCOC(=O)c1ccc(C2=c3cc4c(cc3Oc3cc5c(cc32)C(C)=CC(C)(C)N5)=[NH+]C(C)(C)C=C4C)c(C(=O)OCCCC)c1. The van der Waals surface area contributed by atoms with E-state index in [1.165, 1.54) is 0 Å². The molecule has 7 heteroatoms. The van der Waals surface area contributed by atoms with Gasteiger partial charge < -0.3 is 19.5 Å². The number of esters is 2. The van der Waals surface area contributed by atoms with Crippen LogP contribution >= 0.6 is 0 Å². The Bertz CT molecular complexity index is 2010. The highest BCUT2D eigenvalue weighted by atomic mass is 16.5. The van der Waals surface area contributed by atoms with Crippen molar-refractivity contribution in [2.24, 2.45) is 0 Å². The van der Waals surface area contributed by atoms with Crippen molar-refractivity contribution in [2.75, 3.05) is 18.5 Å². The number of nitrogens with one attached hydrogen (secondary N) is 2. The van der Waals surface area contributed by atoms with Crippen LogP contribution in [0.15, 0.2) is 54.6 Å². The summed E-state index contributed by atoms with van der Waals surface area (Å²) in [6.45, 7) is 17.6. The molecule has 0 aromatic heterocycles. The van der Waals surface area contributed by atoms with Crippen LogP contribution in [-0.2, 0) is 9.47 Å². The Morgan fingerprint density at radius 2 is 1.46 bits per heavy atom. The lowest BCUT2D eigenvalue weighted by Crippen LogP contribution is -2.89. The maximum atomic E-state index is 13.9. The van der Waals surface area contributed by atoms with Gasteiger partial charge in [-0.15, -0.1) is 0 Å². The molecule has 3 heterocycles. The second kappa shape index (κ2) is 12.8. The Morgan fingerprint density at radius 3 is 2.17 bits per heavy atom. The third-order valence-corrected chi connectivity index (χ3v) is 9.12. The maximum absolute atomic E-state index is 13.9. The molecule has 0 radical (unpaired) electrons. The molecule has 3 aromatic rings. The second-order valence-corrected chi connectivity index (χ2v) is 14.4. The third-order valence-electron chi connectivity index (χ3n) is 9.12. The molecule has 7 nitrogen and oxygen atoms in total. The normalized spacial score (nSPS) is 16.4. The predicted molar refractivity (Wildman–Crippen MR) is 190 cm³/mol. The lowest BCUT2D eigenvalue weighted by atomic mass is 9.84. The van der Waals surface area contributed by atoms with E-state index in [-0.39, 0.29) is 11.1 Å². The van der Waals surface area contributed by atoms with Gasteiger partial charge in [0.25, 0.3) is 0 Å². The summed E-state index contributed by atoms with van der Waals surface area (Å²) in [4.78, 5) is 30.7. The van der Waals surface area contributed by atoms with Gasteiger partial charge in [0.2, 0.25) is 5.36 Å². The summed E-state index contributed by atoms with van der Waals surface area (Å²) in [7, 11) is 0. The van der Waals surface area contributed by atoms with Gasteiger partial charge in [0.05, 0.1) is 35.9 Å². The molecule has 0 amide bonds. The van der Waals surface area contributed by atoms with Gasteiger partial charge in [0.15, 0.2) is 5.54 Å². The van der Waals surface area contributed by atoms with Crippen molar-refractivity contribution in [1.29, 1.82) is 0 Å². The smallest absolute Gasteiger partial charge is 0.338 e. The fraction of sp³-hybridized carbons (Fsp3) is 0.390. The van der Waals surface area contributed by atoms with Gasteiger partial charge in [-0.3, -0.25) is 0 Å². The number of fused-ring (bicyclic) bond motifs is 4. The molecular formula is C41H47N2O5+. The average molecular weight is 648 g/mol. The number of benzene rings is 3. The van der Waals surface area contributed by atoms with Gasteiger partial charge >= 0.3 is 11.9 Å². The lowest BCUT2D eigenvalue weighted by Gasteiger charge is -2.33. The molecule has 0 aliphatic carbocycles. The minimum atomic E-state index is -0.473. The number of carbonyl (C=O) groups is 2. The molecule has 250 valence electrons. The van der Waals surface area contributed by atoms with Crippen LogP contribution in [0.1, 0.15) is 124 Å². The van der Waals surface area contributed by atoms with Gasteiger partial charge in [0.1, 0.15) is 11.5 Å². The monoisotopic (exact) mass is 647 g/mol. The molecule has 3 aliphatic heterocycles. The summed E-state index contributed by atoms with van der Waals surface area (Å²) in [5.41, 5.74) is 8.00. The van der Waals surface area contributed by atoms with Gasteiger partial charge in [-0.2, -0.15) is 0 Å². The van der Waals surface area contributed by atoms with Crippen molar-refractivity contribution in [2.45, 2.75) is 92.2 Å². The molecule has 48 heavy (non-hydrogen) atoms. The van der Waals surface area contributed by atoms with Crippen LogP contribution in [0.3, 0.4) is 0 Å². The first kappa shape index (κ1) is 33.3. The second-order valence-electron chi connectivity index (χ2n) is 14.4. The van der Waals surface area contributed by atoms with E-state index in [9.17, 15) is 9.59 Å². The summed E-state index contributed by atoms with van der Waals surface area (Å²) >= 11 is 0. The molecular weight excluding hydrogens is 600 g/mol. The summed E-state index contributed by atoms with van der Waals surface area (Å²) in [6, 6.07) is 13.7. The van der Waals surface area contributed by atoms with Crippen LogP contribution in [0.5, 0.6) is 11.5 Å². The molecule has 2 N–H and O–H groups in total. The number of rotatable bonds is 9. The van der Waals surface area contributed by atoms with Crippen LogP contribution in [0.2, 0.25) is 0 Å². The van der Waals surface area contributed by atoms with Crippen LogP contribution in [-0.4, -0.2) is 36.2 Å². The third kappa shape index (κ3) is 6.43. The minimum absolute atomic E-state index is 0.222. The predicted octanol–water partition coefficient (Wildman–Crippen LogP) is 6.46. The van der Waals surface area contributed by atoms with Gasteiger partial charge in [-0.1, -0.05) is 38.8 Å². The van der Waals surface area contributed by atoms with E-state index in [1.54, 1.807) is 12.1 Å². The Balaban J connectivity index is 1.64. The van der Waals surface area contributed by atoms with Crippen LogP contribution < -0.4 is 25.6 Å². The number of carbonyl (C=O) groups excluding carboxylic acids is 2. The van der Waals surface area contributed by atoms with E-state index < -0.39 is 11.9 Å². The lowest BCUT2D eigenvalue weighted by molar-refractivity contribution is -0.568. The van der Waals surface area contributed by atoms with Gasteiger partial charge in [-0.05, 0) is 87.6 Å². The Labute approximate surface area is 283 Å². The highest BCUT2D eigenvalue weighted by Gasteiger charge is 2.32. The van der Waals surface area contributed by atoms with Crippen molar-refractivity contribution >= 4 is 34.3 Å². The topological polar surface area (TPSA) is 87.8 Å². The zero-order chi connectivity index (χ0) is 34.4. The van der Waals surface area contributed by atoms with E-state index in [2.05, 4.69) is 95.2 Å². The maximum Gasteiger partial charge on any atom is 0.338 e. The summed E-state index contributed by atoms with van der Waals surface area (Å²) < 4.78 is 18.1. The molecule has 3 aliphatic rings. The highest BCUT2D eigenvalue weighted by molar-refractivity contribution is 6.02. The number of ether oxygens (including phenoxy) is 3. The molecule has 0 atom stereocenters. The molecule has 0 fully saturated rings. The molecule has 0 spiro atoms. The van der Waals surface area contributed by atoms with E-state index in [4.69, 9.17) is 14.2 Å². The summed E-state index contributed by atoms with van der Waals surface area (Å²) in [6.07, 6.45) is 7.79. The first-order valence-corrected chi connectivity index (χ1v) is 17.2. The summed E-state index contributed by atoms with van der Waals surface area (Å²) in [5, 5.41) is 5.50. The van der Waals surface area contributed by atoms with Crippen LogP contribution in [0.4, 0.5) is 5.69 Å². The number of hydrogen-bond acceptors (Lipinski definition) is 6. The molecule has 0 saturated carbocycles. The minimum Gasteiger partial charge on any atom is -0.462 e. The zero-order valence-electron chi connectivity index (χ0n) is 29.5. The largest absolute Gasteiger partial charge is 0.462 e. The Kier molecular flexibility index (Phi) is 8.84. The van der Waals surface area contributed by atoms with E-state index in [0.29, 0.717) is 41.4 Å². The van der Waals surface area contributed by atoms with Gasteiger partial charge in [-0.25, -0.2) is 14.6 Å². The van der Waals surface area contributed by atoms with Crippen molar-refractivity contribution in [3.63, 3.8) is 0 Å². The first-order chi connectivity index (χ1) is 22.8. The molecule has 3 aromatic carbocycles. The molecule has 6 rings (SSSR count). The standard InChI is InChI=1S/C41H46N2O5/c1-9-11-15-46-38(44)26-13-14-27(30(17-26)39(45)47-16-12-10-2)37-31-18-28-24(3)22-40(5,6)42-33(28)20-35(31)48-36-21-34-29(19-32(36)37)25(4)23-41(7,8)43-34/h13-14,17-23,42H,9-12,15-16H2,1-8H3/p+1. The average Bonchev–Trinajstić information content (AvgIpc) is 3.01. The number of unbranched alkanes of at least 4 members (excludes halogenated alkanes) is 2. The summed E-state index contributed by atoms with van der Waals surface area (Å²) in [5.74, 6) is 0.441. The quantitative estimate of drug-likeness (QED) is 0.160. The van der Waals surface area contributed by atoms with E-state index >= 15 is 0 Å². The van der Waals surface area contributed by atoms with Crippen molar-refractivity contribution in [3.05, 3.63) is 98.6 Å². The molecule has 0 saturated heterocycles. The van der Waals surface area contributed by atoms with Crippen molar-refractivity contribution < 1.29 is 28.8 Å². The number of allylic oxidation sites excluding steroid dienone is 2. The van der Waals surface area contributed by atoms with Gasteiger partial charge in [0, 0.05) is 53.1 Å². The zero-order valence-corrected chi connectivity index (χ0v) is 29.5. The Hall–Kier alpha value is -4.65. The number of hydrogen-bond donors (Lipinski definition) is 2. The molecule has 0 bridgehead atoms. The van der Waals surface area contributed by atoms with Crippen LogP contribution in [0.25, 0.3) is 16.7 Å². The number of anilines is 1. The van der Waals surface area contributed by atoms with E-state index in [1.807, 2.05) is 13.0 Å². The van der Waals surface area contributed by atoms with Crippen molar-refractivity contribution in [3.8, 4) is 11.5 Å². The molecule has 0 unspecified atom stereocenters. The fourth-order valence-electron chi connectivity index (χ4n) is 6.97. The van der Waals surface area contributed by atoms with Crippen LogP contribution in [0, 0.1) is 0 Å². The Morgan fingerprint density at radius 1 is 0.771 bits per heavy atom.